The van der Waals surface area contributed by atoms with Crippen molar-refractivity contribution in [1.82, 2.24) is 9.97 Å². The van der Waals surface area contributed by atoms with Crippen LogP contribution in [0.5, 0.6) is 0 Å². The molecule has 1 atom stereocenters. The summed E-state index contributed by atoms with van der Waals surface area (Å²) in [4.78, 5) is 23.5. The lowest BCUT2D eigenvalue weighted by molar-refractivity contribution is -0.115. The van der Waals surface area contributed by atoms with Crippen LogP contribution < -0.4 is 5.32 Å². The number of nitrogens with zero attached hydrogens (tertiary/aromatic N) is 2. The van der Waals surface area contributed by atoms with Gasteiger partial charge in [0.05, 0.1) is 5.25 Å². The number of rotatable bonds is 4. The van der Waals surface area contributed by atoms with Crippen LogP contribution in [0, 0.1) is 20.8 Å². The number of benzene rings is 1. The van der Waals surface area contributed by atoms with Gasteiger partial charge in [0.15, 0.2) is 0 Å². The highest BCUT2D eigenvalue weighted by atomic mass is 35.5. The number of aryl methyl sites for hydroxylation is 2. The highest BCUT2D eigenvalue weighted by molar-refractivity contribution is 8.00. The molecule has 4 nitrogen and oxygen atoms in total. The first-order chi connectivity index (χ1) is 11.9. The van der Waals surface area contributed by atoms with E-state index in [0.717, 1.165) is 26.5 Å². The highest BCUT2D eigenvalue weighted by Crippen LogP contribution is 2.36. The zero-order valence-electron chi connectivity index (χ0n) is 14.4. The van der Waals surface area contributed by atoms with Crippen molar-refractivity contribution in [3.63, 3.8) is 0 Å². The molecule has 0 bridgehead atoms. The maximum Gasteiger partial charge on any atom is 0.237 e. The number of carbonyl (C=O) groups excluding carboxylic acids is 1. The van der Waals surface area contributed by atoms with Gasteiger partial charge in [-0.15, -0.1) is 11.3 Å². The van der Waals surface area contributed by atoms with Crippen molar-refractivity contribution < 1.29 is 4.79 Å². The van der Waals surface area contributed by atoms with Gasteiger partial charge in [0.25, 0.3) is 0 Å². The predicted octanol–water partition coefficient (Wildman–Crippen LogP) is 5.39. The molecule has 3 aromatic rings. The summed E-state index contributed by atoms with van der Waals surface area (Å²) in [6, 6.07) is 5.49. The number of halogens is 1. The van der Waals surface area contributed by atoms with E-state index in [1.807, 2.05) is 32.0 Å². The number of aromatic nitrogens is 2. The lowest BCUT2D eigenvalue weighted by atomic mass is 10.2. The van der Waals surface area contributed by atoms with Crippen LogP contribution in [0.3, 0.4) is 0 Å². The molecule has 1 amide bonds. The summed E-state index contributed by atoms with van der Waals surface area (Å²) >= 11 is 9.22. The van der Waals surface area contributed by atoms with E-state index < -0.39 is 0 Å². The van der Waals surface area contributed by atoms with Gasteiger partial charge in [0.2, 0.25) is 5.91 Å². The van der Waals surface area contributed by atoms with Crippen LogP contribution in [0.25, 0.3) is 10.2 Å². The first-order valence-electron chi connectivity index (χ1n) is 7.81. The summed E-state index contributed by atoms with van der Waals surface area (Å²) in [5, 5.41) is 5.19. The summed E-state index contributed by atoms with van der Waals surface area (Å²) < 4.78 is 0. The smallest absolute Gasteiger partial charge is 0.237 e. The molecule has 1 N–H and O–H groups in total. The zero-order chi connectivity index (χ0) is 18.1. The first-order valence-corrected chi connectivity index (χ1v) is 9.89. The molecule has 0 saturated heterocycles. The number of nitrogens with one attached hydrogen (secondary N) is 1. The predicted molar refractivity (Wildman–Crippen MR) is 107 cm³/mol. The molecule has 0 aliphatic heterocycles. The van der Waals surface area contributed by atoms with Crippen LogP contribution >= 0.6 is 34.7 Å². The molecule has 0 aliphatic rings. The fraction of sp³-hybridized carbons (Fsp3) is 0.278. The van der Waals surface area contributed by atoms with Gasteiger partial charge in [-0.25, -0.2) is 9.97 Å². The van der Waals surface area contributed by atoms with E-state index in [-0.39, 0.29) is 11.2 Å². The molecule has 2 heterocycles. The van der Waals surface area contributed by atoms with E-state index in [1.54, 1.807) is 17.7 Å². The first kappa shape index (κ1) is 18.2. The average Bonchev–Trinajstić information content (AvgIpc) is 2.87. The largest absolute Gasteiger partial charge is 0.325 e. The maximum atomic E-state index is 12.6. The van der Waals surface area contributed by atoms with E-state index in [9.17, 15) is 4.79 Å². The van der Waals surface area contributed by atoms with Crippen molar-refractivity contribution in [3.05, 3.63) is 45.6 Å². The summed E-state index contributed by atoms with van der Waals surface area (Å²) in [5.41, 5.74) is 2.78. The molecule has 0 spiro atoms. The lowest BCUT2D eigenvalue weighted by Gasteiger charge is -2.14. The van der Waals surface area contributed by atoms with Gasteiger partial charge < -0.3 is 5.32 Å². The van der Waals surface area contributed by atoms with Crippen LogP contribution in [0.4, 0.5) is 5.69 Å². The van der Waals surface area contributed by atoms with Crippen LogP contribution in [0.2, 0.25) is 5.02 Å². The van der Waals surface area contributed by atoms with Gasteiger partial charge in [-0.3, -0.25) is 4.79 Å². The molecule has 1 aromatic carbocycles. The van der Waals surface area contributed by atoms with Gasteiger partial charge in [-0.05, 0) is 51.0 Å². The lowest BCUT2D eigenvalue weighted by Crippen LogP contribution is -2.23. The third-order valence-corrected chi connectivity index (χ3v) is 6.74. The summed E-state index contributed by atoms with van der Waals surface area (Å²) in [5.74, 6) is -0.0771. The minimum atomic E-state index is -0.295. The molecule has 7 heteroatoms. The van der Waals surface area contributed by atoms with E-state index in [0.29, 0.717) is 5.02 Å². The number of anilines is 1. The van der Waals surface area contributed by atoms with Crippen molar-refractivity contribution in [3.8, 4) is 0 Å². The van der Waals surface area contributed by atoms with Crippen molar-refractivity contribution in [1.29, 1.82) is 0 Å². The topological polar surface area (TPSA) is 54.9 Å². The number of thioether (sulfide) groups is 1. The number of carbonyl (C=O) groups is 1. The Morgan fingerprint density at radius 1 is 1.24 bits per heavy atom. The highest BCUT2D eigenvalue weighted by Gasteiger charge is 2.20. The van der Waals surface area contributed by atoms with Gasteiger partial charge in [0, 0.05) is 21.0 Å². The van der Waals surface area contributed by atoms with Crippen molar-refractivity contribution in [2.24, 2.45) is 0 Å². The molecule has 0 saturated carbocycles. The van der Waals surface area contributed by atoms with Gasteiger partial charge >= 0.3 is 0 Å². The fourth-order valence-electron chi connectivity index (χ4n) is 2.44. The average molecular weight is 392 g/mol. The van der Waals surface area contributed by atoms with Gasteiger partial charge in [-0.1, -0.05) is 29.4 Å². The monoisotopic (exact) mass is 391 g/mol. The minimum Gasteiger partial charge on any atom is -0.325 e. The second-order valence-corrected chi connectivity index (χ2v) is 8.74. The number of hydrogen-bond donors (Lipinski definition) is 1. The number of thiophene rings is 1. The van der Waals surface area contributed by atoms with Crippen LogP contribution in [0.15, 0.2) is 29.6 Å². The molecule has 2 aromatic heterocycles. The quantitative estimate of drug-likeness (QED) is 0.478. The molecule has 0 radical (unpaired) electrons. The van der Waals surface area contributed by atoms with Crippen LogP contribution in [0.1, 0.15) is 22.9 Å². The molecule has 25 heavy (non-hydrogen) atoms. The molecule has 130 valence electrons. The number of hydrogen-bond acceptors (Lipinski definition) is 5. The molecule has 0 unspecified atom stereocenters. The normalized spacial score (nSPS) is 12.4. The summed E-state index contributed by atoms with van der Waals surface area (Å²) in [6.07, 6.45) is 1.56. The second-order valence-electron chi connectivity index (χ2n) is 5.80. The number of fused-ring (bicyclic) bond motifs is 1. The Morgan fingerprint density at radius 3 is 2.76 bits per heavy atom. The standard InChI is InChI=1S/C18H18ClN3OS2/c1-9-11(3)24-17-15(9)18(21-8-20-17)25-12(4)16(23)22-14-7-5-6-13(19)10(14)2/h5-8,12H,1-4H3,(H,22,23)/t12-/m0/s1. The van der Waals surface area contributed by atoms with Gasteiger partial charge in [-0.2, -0.15) is 0 Å². The molecular formula is C18H18ClN3OS2. The Bertz CT molecular complexity index is 955. The Hall–Kier alpha value is -1.63. The Kier molecular flexibility index (Phi) is 5.32. The third-order valence-electron chi connectivity index (χ3n) is 4.11. The SMILES string of the molecule is Cc1sc2ncnc(S[C@@H](C)C(=O)Nc3cccc(Cl)c3C)c2c1C. The van der Waals surface area contributed by atoms with Crippen molar-refractivity contribution >= 4 is 56.5 Å². The maximum absolute atomic E-state index is 12.6. The number of amides is 1. The third kappa shape index (κ3) is 3.66. The Morgan fingerprint density at radius 2 is 2.00 bits per heavy atom. The molecule has 0 fully saturated rings. The van der Waals surface area contributed by atoms with E-state index in [1.165, 1.54) is 22.2 Å². The van der Waals surface area contributed by atoms with Crippen molar-refractivity contribution in [2.45, 2.75) is 38.0 Å². The summed E-state index contributed by atoms with van der Waals surface area (Å²) in [6.45, 7) is 7.92. The molecular weight excluding hydrogens is 374 g/mol. The van der Waals surface area contributed by atoms with Crippen LogP contribution in [-0.4, -0.2) is 21.1 Å². The summed E-state index contributed by atoms with van der Waals surface area (Å²) in [7, 11) is 0. The van der Waals surface area contributed by atoms with E-state index >= 15 is 0 Å². The van der Waals surface area contributed by atoms with Gasteiger partial charge in [0.1, 0.15) is 16.2 Å². The molecule has 3 rings (SSSR count). The molecule has 0 aliphatic carbocycles. The van der Waals surface area contributed by atoms with Crippen LogP contribution in [-0.2, 0) is 4.79 Å². The Labute approximate surface area is 160 Å². The van der Waals surface area contributed by atoms with E-state index in [4.69, 9.17) is 11.6 Å². The van der Waals surface area contributed by atoms with E-state index in [2.05, 4.69) is 29.1 Å². The zero-order valence-corrected chi connectivity index (χ0v) is 16.8. The fourth-order valence-corrected chi connectivity index (χ4v) is 4.65. The minimum absolute atomic E-state index is 0.0771. The Balaban J connectivity index is 1.81. The second kappa shape index (κ2) is 7.32. The van der Waals surface area contributed by atoms with Crippen molar-refractivity contribution in [2.75, 3.05) is 5.32 Å².